The maximum atomic E-state index is 11.2. The molecule has 0 aromatic rings. The summed E-state index contributed by atoms with van der Waals surface area (Å²) in [6.07, 6.45) is 0.210. The molecule has 0 bridgehead atoms. The Balaban J connectivity index is 4.36. The second-order valence-corrected chi connectivity index (χ2v) is 5.92. The van der Waals surface area contributed by atoms with Gasteiger partial charge in [-0.15, -0.1) is 0 Å². The van der Waals surface area contributed by atoms with Crippen molar-refractivity contribution < 1.29 is 27.9 Å². The molecule has 18 heavy (non-hydrogen) atoms. The third kappa shape index (κ3) is 6.89. The average Bonchev–Trinajstić information content (AvgIpc) is 2.31. The quantitative estimate of drug-likeness (QED) is 0.613. The molecule has 2 N–H and O–H groups in total. The number of carbonyl (C=O) groups is 2. The number of amides is 1. The van der Waals surface area contributed by atoms with Crippen LogP contribution in [0.25, 0.3) is 0 Å². The topological polar surface area (TPSA) is 110 Å². The highest BCUT2D eigenvalue weighted by Crippen LogP contribution is 2.00. The monoisotopic (exact) mass is 279 g/mol. The summed E-state index contributed by atoms with van der Waals surface area (Å²) in [5.74, 6) is -1.68. The van der Waals surface area contributed by atoms with Gasteiger partial charge in [0.1, 0.15) is 22.5 Å². The molecule has 0 saturated heterocycles. The maximum Gasteiger partial charge on any atom is 0.408 e. The molecule has 0 aromatic heterocycles. The fourth-order valence-electron chi connectivity index (χ4n) is 1.02. The Labute approximate surface area is 106 Å². The normalized spacial score (nSPS) is 12.5. The first-order valence-corrected chi connectivity index (χ1v) is 7.12. The van der Waals surface area contributed by atoms with Crippen LogP contribution in [-0.4, -0.2) is 49.7 Å². The van der Waals surface area contributed by atoms with Crippen LogP contribution >= 0.6 is 0 Å². The molecule has 1 unspecified atom stereocenters. The number of aliphatic carboxylic acids is 1. The molecule has 0 saturated carbocycles. The van der Waals surface area contributed by atoms with E-state index in [0.717, 1.165) is 0 Å². The molecular weight excluding hydrogens is 262 g/mol. The summed E-state index contributed by atoms with van der Waals surface area (Å²) >= 11 is 0. The molecule has 0 heterocycles. The van der Waals surface area contributed by atoms with Gasteiger partial charge in [-0.05, 0) is 6.42 Å². The van der Waals surface area contributed by atoms with E-state index in [1.807, 2.05) is 0 Å². The number of rotatable bonds is 8. The van der Waals surface area contributed by atoms with Gasteiger partial charge < -0.3 is 15.2 Å². The van der Waals surface area contributed by atoms with Crippen molar-refractivity contribution in [3.8, 4) is 0 Å². The fourth-order valence-corrected chi connectivity index (χ4v) is 1.90. The lowest BCUT2D eigenvalue weighted by Gasteiger charge is -2.13. The fraction of sp³-hybridized carbons (Fsp3) is 0.600. The van der Waals surface area contributed by atoms with Crippen LogP contribution in [0.5, 0.6) is 0 Å². The van der Waals surface area contributed by atoms with Crippen LogP contribution in [0.2, 0.25) is 0 Å². The third-order valence-electron chi connectivity index (χ3n) is 2.08. The first-order chi connectivity index (χ1) is 8.32. The van der Waals surface area contributed by atoms with Gasteiger partial charge >= 0.3 is 12.1 Å². The van der Waals surface area contributed by atoms with Crippen molar-refractivity contribution in [3.63, 3.8) is 0 Å². The summed E-state index contributed by atoms with van der Waals surface area (Å²) in [5, 5.41) is 10.9. The van der Waals surface area contributed by atoms with Gasteiger partial charge in [0, 0.05) is 5.75 Å². The highest BCUT2D eigenvalue weighted by Gasteiger charge is 2.22. The number of nitrogens with one attached hydrogen (secondary N) is 1. The van der Waals surface area contributed by atoms with Crippen molar-refractivity contribution >= 4 is 21.9 Å². The molecule has 0 aromatic carbocycles. The standard InChI is InChI=1S/C10H17NO6S/c1-3-6-17-10(14)11-8(9(12)13)5-7-18(15,16)4-2/h3,8H,1,4-7H2,2H3,(H,11,14)(H,12,13). The van der Waals surface area contributed by atoms with Gasteiger partial charge in [-0.3, -0.25) is 0 Å². The van der Waals surface area contributed by atoms with E-state index in [4.69, 9.17) is 5.11 Å². The van der Waals surface area contributed by atoms with E-state index in [2.05, 4.69) is 16.6 Å². The summed E-state index contributed by atoms with van der Waals surface area (Å²) in [5.41, 5.74) is 0. The average molecular weight is 279 g/mol. The molecule has 0 aliphatic carbocycles. The number of hydrogen-bond acceptors (Lipinski definition) is 5. The molecule has 0 aliphatic heterocycles. The number of carboxylic acids is 1. The van der Waals surface area contributed by atoms with Crippen molar-refractivity contribution in [2.45, 2.75) is 19.4 Å². The lowest BCUT2D eigenvalue weighted by atomic mass is 10.2. The van der Waals surface area contributed by atoms with Crippen LogP contribution in [0.1, 0.15) is 13.3 Å². The zero-order chi connectivity index (χ0) is 14.2. The van der Waals surface area contributed by atoms with E-state index in [1.165, 1.54) is 13.0 Å². The first kappa shape index (κ1) is 16.4. The van der Waals surface area contributed by atoms with E-state index < -0.39 is 27.9 Å². The minimum absolute atomic E-state index is 0.0502. The largest absolute Gasteiger partial charge is 0.480 e. The molecule has 0 fully saturated rings. The molecule has 8 heteroatoms. The highest BCUT2D eigenvalue weighted by molar-refractivity contribution is 7.91. The van der Waals surface area contributed by atoms with Gasteiger partial charge in [0.2, 0.25) is 0 Å². The van der Waals surface area contributed by atoms with Crippen LogP contribution in [0.3, 0.4) is 0 Å². The van der Waals surface area contributed by atoms with Gasteiger partial charge in [-0.2, -0.15) is 0 Å². The van der Waals surface area contributed by atoms with Gasteiger partial charge in [0.05, 0.1) is 5.75 Å². The number of sulfone groups is 1. The summed E-state index contributed by atoms with van der Waals surface area (Å²) < 4.78 is 27.0. The molecule has 1 atom stereocenters. The van der Waals surface area contributed by atoms with Crippen molar-refractivity contribution in [1.29, 1.82) is 0 Å². The predicted molar refractivity (Wildman–Crippen MR) is 65.0 cm³/mol. The number of carbonyl (C=O) groups excluding carboxylic acids is 1. The van der Waals surface area contributed by atoms with E-state index >= 15 is 0 Å². The minimum atomic E-state index is -3.27. The second kappa shape index (κ2) is 7.70. The Morgan fingerprint density at radius 3 is 2.56 bits per heavy atom. The predicted octanol–water partition coefficient (Wildman–Crippen LogP) is 0.177. The lowest BCUT2D eigenvalue weighted by Crippen LogP contribution is -2.42. The van der Waals surface area contributed by atoms with Crippen LogP contribution in [-0.2, 0) is 19.4 Å². The molecule has 0 radical (unpaired) electrons. The van der Waals surface area contributed by atoms with Gasteiger partial charge in [0.15, 0.2) is 0 Å². The van der Waals surface area contributed by atoms with E-state index in [-0.39, 0.29) is 24.5 Å². The SMILES string of the molecule is C=CCOC(=O)NC(CCS(=O)(=O)CC)C(=O)O. The van der Waals surface area contributed by atoms with Crippen LogP contribution in [0.4, 0.5) is 4.79 Å². The maximum absolute atomic E-state index is 11.2. The summed E-state index contributed by atoms with van der Waals surface area (Å²) in [6.45, 7) is 4.74. The van der Waals surface area contributed by atoms with E-state index in [1.54, 1.807) is 0 Å². The molecule has 0 spiro atoms. The molecule has 1 amide bonds. The lowest BCUT2D eigenvalue weighted by molar-refractivity contribution is -0.139. The summed E-state index contributed by atoms with van der Waals surface area (Å²) in [7, 11) is -3.27. The number of ether oxygens (including phenoxy) is 1. The Morgan fingerprint density at radius 1 is 1.50 bits per heavy atom. The smallest absolute Gasteiger partial charge is 0.408 e. The van der Waals surface area contributed by atoms with Crippen molar-refractivity contribution in [1.82, 2.24) is 5.32 Å². The molecule has 0 aliphatic rings. The van der Waals surface area contributed by atoms with E-state index in [9.17, 15) is 18.0 Å². The van der Waals surface area contributed by atoms with Crippen molar-refractivity contribution in [2.75, 3.05) is 18.1 Å². The van der Waals surface area contributed by atoms with Crippen LogP contribution in [0, 0.1) is 0 Å². The zero-order valence-corrected chi connectivity index (χ0v) is 10.9. The Bertz CT molecular complexity index is 403. The molecule has 104 valence electrons. The first-order valence-electron chi connectivity index (χ1n) is 5.29. The van der Waals surface area contributed by atoms with Crippen molar-refractivity contribution in [3.05, 3.63) is 12.7 Å². The molecule has 0 rings (SSSR count). The number of hydrogen-bond donors (Lipinski definition) is 2. The Kier molecular flexibility index (Phi) is 7.03. The van der Waals surface area contributed by atoms with Gasteiger partial charge in [-0.1, -0.05) is 19.6 Å². The summed E-state index contributed by atoms with van der Waals surface area (Å²) in [6, 6.07) is -1.29. The third-order valence-corrected chi connectivity index (χ3v) is 3.82. The highest BCUT2D eigenvalue weighted by atomic mass is 32.2. The summed E-state index contributed by atoms with van der Waals surface area (Å²) in [4.78, 5) is 21.9. The Morgan fingerprint density at radius 2 is 2.11 bits per heavy atom. The van der Waals surface area contributed by atoms with Crippen LogP contribution in [0.15, 0.2) is 12.7 Å². The number of alkyl carbamates (subject to hydrolysis) is 1. The molecular formula is C10H17NO6S. The number of carboxylic acid groups (broad SMARTS) is 1. The zero-order valence-electron chi connectivity index (χ0n) is 10.1. The molecule has 7 nitrogen and oxygen atoms in total. The second-order valence-electron chi connectivity index (χ2n) is 3.45. The van der Waals surface area contributed by atoms with Crippen LogP contribution < -0.4 is 5.32 Å². The Hall–Kier alpha value is -1.57. The van der Waals surface area contributed by atoms with Crippen molar-refractivity contribution in [2.24, 2.45) is 0 Å². The minimum Gasteiger partial charge on any atom is -0.480 e. The van der Waals surface area contributed by atoms with Gasteiger partial charge in [0.25, 0.3) is 0 Å². The van der Waals surface area contributed by atoms with E-state index in [0.29, 0.717) is 0 Å². The van der Waals surface area contributed by atoms with Gasteiger partial charge in [-0.25, -0.2) is 18.0 Å².